The molecule has 0 N–H and O–H groups in total. The van der Waals surface area contributed by atoms with Crippen molar-refractivity contribution < 1.29 is 4.55 Å². The summed E-state index contributed by atoms with van der Waals surface area (Å²) in [6.07, 6.45) is 3.01. The molecule has 1 unspecified atom stereocenters. The molecule has 0 radical (unpaired) electrons. The van der Waals surface area contributed by atoms with Crippen LogP contribution in [0.25, 0.3) is 0 Å². The van der Waals surface area contributed by atoms with Crippen LogP contribution in [0.3, 0.4) is 0 Å². The molecule has 0 fully saturated rings. The number of pyridine rings is 1. The van der Waals surface area contributed by atoms with E-state index >= 15 is 0 Å². The normalized spacial score (nSPS) is 13.1. The van der Waals surface area contributed by atoms with Crippen LogP contribution >= 0.6 is 23.2 Å². The summed E-state index contributed by atoms with van der Waals surface area (Å²) < 4.78 is 10.9. The lowest BCUT2D eigenvalue weighted by Crippen LogP contribution is -1.97. The van der Waals surface area contributed by atoms with E-state index < -0.39 is 11.2 Å². The molecular weight excluding hydrogens is 205 g/mol. The fourth-order valence-corrected chi connectivity index (χ4v) is 1.38. The molecule has 1 rings (SSSR count). The number of hydrogen-bond acceptors (Lipinski definition) is 2. The summed E-state index contributed by atoms with van der Waals surface area (Å²) in [7, 11) is 0. The summed E-state index contributed by atoms with van der Waals surface area (Å²) in [5.74, 6) is 0. The molecule has 1 atom stereocenters. The van der Waals surface area contributed by atoms with E-state index in [-0.39, 0.29) is 5.15 Å². The Morgan fingerprint density at radius 1 is 1.55 bits per heavy atom. The highest BCUT2D eigenvalue weighted by molar-refractivity contribution is 7.90. The Kier molecular flexibility index (Phi) is 3.01. The lowest BCUT2D eigenvalue weighted by atomic mass is 10.5. The fraction of sp³-hybridized carbons (Fsp3) is 0.167. The second-order valence-electron chi connectivity index (χ2n) is 1.90. The zero-order valence-electron chi connectivity index (χ0n) is 5.67. The molecule has 0 spiro atoms. The van der Waals surface area contributed by atoms with E-state index in [1.165, 1.54) is 6.20 Å². The Labute approximate surface area is 77.7 Å². The van der Waals surface area contributed by atoms with Gasteiger partial charge in [-0.3, -0.25) is 0 Å². The van der Waals surface area contributed by atoms with Gasteiger partial charge in [0.05, 0.1) is 11.2 Å². The van der Waals surface area contributed by atoms with Crippen molar-refractivity contribution in [2.75, 3.05) is 6.26 Å². The molecule has 0 saturated carbocycles. The first-order chi connectivity index (χ1) is 5.11. The predicted molar refractivity (Wildman–Crippen MR) is 46.6 cm³/mol. The molecule has 0 aliphatic carbocycles. The summed E-state index contributed by atoms with van der Waals surface area (Å²) in [6.45, 7) is 0. The van der Waals surface area contributed by atoms with Crippen molar-refractivity contribution in [2.45, 2.75) is 4.90 Å². The summed E-state index contributed by atoms with van der Waals surface area (Å²) in [4.78, 5) is 4.32. The standard InChI is InChI=1S/C6H5Cl2NOS/c1-11(10)4-2-5(7)6(8)9-3-4/h2-3H,1H3. The van der Waals surface area contributed by atoms with Crippen molar-refractivity contribution in [3.8, 4) is 0 Å². The van der Waals surface area contributed by atoms with E-state index in [4.69, 9.17) is 23.2 Å². The third kappa shape index (κ3) is 2.24. The molecule has 5 heteroatoms. The van der Waals surface area contributed by atoms with Gasteiger partial charge in [-0.15, -0.1) is 0 Å². The van der Waals surface area contributed by atoms with Crippen LogP contribution in [0, 0.1) is 0 Å². The zero-order chi connectivity index (χ0) is 8.43. The molecule has 0 saturated heterocycles. The first kappa shape index (κ1) is 9.13. The highest BCUT2D eigenvalue weighted by Gasteiger charge is 2.07. The zero-order valence-corrected chi connectivity index (χ0v) is 8.00. The van der Waals surface area contributed by atoms with E-state index in [1.807, 2.05) is 0 Å². The SMILES string of the molecule is C[S+]([O-])c1cnc(Cl)c(Cl)c1. The van der Waals surface area contributed by atoms with E-state index in [2.05, 4.69) is 4.98 Å². The maximum absolute atomic E-state index is 10.9. The van der Waals surface area contributed by atoms with E-state index in [9.17, 15) is 4.55 Å². The Hall–Kier alpha value is 0.0400. The second kappa shape index (κ2) is 3.63. The summed E-state index contributed by atoms with van der Waals surface area (Å²) in [5, 5.41) is 0.570. The Morgan fingerprint density at radius 3 is 2.64 bits per heavy atom. The molecule has 0 aliphatic heterocycles. The van der Waals surface area contributed by atoms with Gasteiger partial charge in [-0.1, -0.05) is 23.2 Å². The Morgan fingerprint density at radius 2 is 2.18 bits per heavy atom. The predicted octanol–water partition coefficient (Wildman–Crippen LogP) is 2.13. The van der Waals surface area contributed by atoms with Gasteiger partial charge in [0.1, 0.15) is 11.4 Å². The summed E-state index contributed by atoms with van der Waals surface area (Å²) in [6, 6.07) is 1.55. The minimum atomic E-state index is -1.05. The number of rotatable bonds is 1. The smallest absolute Gasteiger partial charge is 0.172 e. The summed E-state index contributed by atoms with van der Waals surface area (Å²) >= 11 is 10.1. The van der Waals surface area contributed by atoms with Gasteiger partial charge in [0.2, 0.25) is 0 Å². The van der Waals surface area contributed by atoms with Crippen molar-refractivity contribution >= 4 is 34.4 Å². The van der Waals surface area contributed by atoms with Crippen LogP contribution in [0.5, 0.6) is 0 Å². The van der Waals surface area contributed by atoms with Crippen LogP contribution in [-0.4, -0.2) is 15.8 Å². The fourth-order valence-electron chi connectivity index (χ4n) is 0.561. The van der Waals surface area contributed by atoms with Crippen LogP contribution in [0.4, 0.5) is 0 Å². The molecule has 1 heterocycles. The maximum Gasteiger partial charge on any atom is 0.172 e. The lowest BCUT2D eigenvalue weighted by molar-refractivity contribution is 0.600. The van der Waals surface area contributed by atoms with Crippen molar-refractivity contribution in [2.24, 2.45) is 0 Å². The monoisotopic (exact) mass is 209 g/mol. The quantitative estimate of drug-likeness (QED) is 0.525. The van der Waals surface area contributed by atoms with Gasteiger partial charge >= 0.3 is 0 Å². The van der Waals surface area contributed by atoms with Crippen molar-refractivity contribution in [3.05, 3.63) is 22.4 Å². The van der Waals surface area contributed by atoms with Gasteiger partial charge in [-0.25, -0.2) is 4.98 Å². The topological polar surface area (TPSA) is 36.0 Å². The second-order valence-corrected chi connectivity index (χ2v) is 4.04. The highest BCUT2D eigenvalue weighted by atomic mass is 35.5. The Bertz CT molecular complexity index is 267. The van der Waals surface area contributed by atoms with Gasteiger partial charge in [-0.05, 0) is 11.2 Å². The molecule has 0 amide bonds. The minimum Gasteiger partial charge on any atom is -0.612 e. The number of nitrogens with zero attached hydrogens (tertiary/aromatic N) is 1. The first-order valence-corrected chi connectivity index (χ1v) is 5.07. The maximum atomic E-state index is 10.9. The van der Waals surface area contributed by atoms with E-state index in [1.54, 1.807) is 12.3 Å². The highest BCUT2D eigenvalue weighted by Crippen LogP contribution is 2.21. The van der Waals surface area contributed by atoms with E-state index in [0.29, 0.717) is 9.92 Å². The first-order valence-electron chi connectivity index (χ1n) is 2.75. The Balaban J connectivity index is 3.05. The van der Waals surface area contributed by atoms with Crippen LogP contribution < -0.4 is 0 Å². The number of halogens is 2. The van der Waals surface area contributed by atoms with Crippen LogP contribution in [0.15, 0.2) is 17.2 Å². The minimum absolute atomic E-state index is 0.237. The van der Waals surface area contributed by atoms with Crippen molar-refractivity contribution in [3.63, 3.8) is 0 Å². The molecule has 1 aromatic rings. The number of aromatic nitrogens is 1. The van der Waals surface area contributed by atoms with E-state index in [0.717, 1.165) is 0 Å². The van der Waals surface area contributed by atoms with Crippen molar-refractivity contribution in [1.29, 1.82) is 0 Å². The van der Waals surface area contributed by atoms with Crippen molar-refractivity contribution in [1.82, 2.24) is 4.98 Å². The largest absolute Gasteiger partial charge is 0.612 e. The molecule has 11 heavy (non-hydrogen) atoms. The third-order valence-electron chi connectivity index (χ3n) is 1.10. The molecule has 60 valence electrons. The van der Waals surface area contributed by atoms with Crippen LogP contribution in [-0.2, 0) is 11.2 Å². The molecule has 0 aromatic carbocycles. The molecule has 0 aliphatic rings. The van der Waals surface area contributed by atoms with Gasteiger partial charge in [0.15, 0.2) is 4.90 Å². The molecular formula is C6H5Cl2NOS. The molecule has 2 nitrogen and oxygen atoms in total. The van der Waals surface area contributed by atoms with Gasteiger partial charge in [0, 0.05) is 6.07 Å². The molecule has 1 aromatic heterocycles. The third-order valence-corrected chi connectivity index (χ3v) is 2.68. The van der Waals surface area contributed by atoms with Crippen LogP contribution in [0.2, 0.25) is 10.2 Å². The van der Waals surface area contributed by atoms with Gasteiger partial charge < -0.3 is 4.55 Å². The molecule has 0 bridgehead atoms. The van der Waals surface area contributed by atoms with Crippen LogP contribution in [0.1, 0.15) is 0 Å². The average molecular weight is 210 g/mol. The van der Waals surface area contributed by atoms with Gasteiger partial charge in [0.25, 0.3) is 0 Å². The average Bonchev–Trinajstić information content (AvgIpc) is 1.94. The summed E-state index contributed by atoms with van der Waals surface area (Å²) in [5.41, 5.74) is 0. The number of hydrogen-bond donors (Lipinski definition) is 0. The lowest BCUT2D eigenvalue weighted by Gasteiger charge is -2.03. The van der Waals surface area contributed by atoms with Gasteiger partial charge in [-0.2, -0.15) is 0 Å².